The standard InChI is InChI=1S/C22H27N5O3S/c1-14(2)27-20-17(13-23-27)16(12-18(24-20)19-7-6-15(3)31-19)21(28)25-8-5-9-26(11-10-25)22(29)30-4/h6-7,12-14H,5,8-11H2,1-4H3. The molecule has 0 bridgehead atoms. The summed E-state index contributed by atoms with van der Waals surface area (Å²) >= 11 is 1.66. The molecule has 31 heavy (non-hydrogen) atoms. The fourth-order valence-corrected chi connectivity index (χ4v) is 4.70. The highest BCUT2D eigenvalue weighted by molar-refractivity contribution is 7.15. The van der Waals surface area contributed by atoms with Crippen LogP contribution >= 0.6 is 11.3 Å². The summed E-state index contributed by atoms with van der Waals surface area (Å²) in [4.78, 5) is 36.0. The molecule has 0 radical (unpaired) electrons. The number of pyridine rings is 1. The number of carbonyl (C=O) groups excluding carboxylic acids is 2. The fraction of sp³-hybridized carbons (Fsp3) is 0.455. The van der Waals surface area contributed by atoms with Gasteiger partial charge in [0.25, 0.3) is 5.91 Å². The van der Waals surface area contributed by atoms with E-state index < -0.39 is 0 Å². The molecule has 164 valence electrons. The number of amides is 2. The van der Waals surface area contributed by atoms with Gasteiger partial charge >= 0.3 is 6.09 Å². The average molecular weight is 442 g/mol. The van der Waals surface area contributed by atoms with E-state index in [1.807, 2.05) is 35.6 Å². The van der Waals surface area contributed by atoms with Gasteiger partial charge in [-0.15, -0.1) is 11.3 Å². The molecule has 1 aliphatic rings. The van der Waals surface area contributed by atoms with Gasteiger partial charge in [-0.05, 0) is 45.4 Å². The Labute approximate surface area is 185 Å². The summed E-state index contributed by atoms with van der Waals surface area (Å²) in [5, 5.41) is 5.26. The van der Waals surface area contributed by atoms with Crippen LogP contribution in [0.1, 0.15) is 41.5 Å². The molecular weight excluding hydrogens is 414 g/mol. The molecule has 0 N–H and O–H groups in total. The van der Waals surface area contributed by atoms with Crippen molar-refractivity contribution in [2.45, 2.75) is 33.2 Å². The molecule has 8 nitrogen and oxygen atoms in total. The Morgan fingerprint density at radius 2 is 1.87 bits per heavy atom. The minimum atomic E-state index is -0.353. The number of aryl methyl sites for hydroxylation is 1. The van der Waals surface area contributed by atoms with Gasteiger partial charge in [0.1, 0.15) is 0 Å². The molecule has 3 aromatic heterocycles. The van der Waals surface area contributed by atoms with Gasteiger partial charge in [-0.1, -0.05) is 0 Å². The smallest absolute Gasteiger partial charge is 0.409 e. The number of fused-ring (bicyclic) bond motifs is 1. The minimum absolute atomic E-state index is 0.0584. The minimum Gasteiger partial charge on any atom is -0.453 e. The van der Waals surface area contributed by atoms with Crippen molar-refractivity contribution in [3.63, 3.8) is 0 Å². The number of methoxy groups -OCH3 is 1. The molecule has 1 saturated heterocycles. The molecule has 0 aromatic carbocycles. The highest BCUT2D eigenvalue weighted by Crippen LogP contribution is 2.31. The Morgan fingerprint density at radius 1 is 1.13 bits per heavy atom. The van der Waals surface area contributed by atoms with Crippen molar-refractivity contribution < 1.29 is 14.3 Å². The summed E-state index contributed by atoms with van der Waals surface area (Å²) in [5.41, 5.74) is 2.10. The third-order valence-corrected chi connectivity index (χ3v) is 6.52. The summed E-state index contributed by atoms with van der Waals surface area (Å²) in [6, 6.07) is 6.10. The number of thiophene rings is 1. The lowest BCUT2D eigenvalue weighted by atomic mass is 10.1. The van der Waals surface area contributed by atoms with Crippen molar-refractivity contribution in [3.05, 3.63) is 34.8 Å². The fourth-order valence-electron chi connectivity index (χ4n) is 3.87. The summed E-state index contributed by atoms with van der Waals surface area (Å²) in [7, 11) is 1.38. The van der Waals surface area contributed by atoms with Crippen molar-refractivity contribution in [3.8, 4) is 10.6 Å². The van der Waals surface area contributed by atoms with E-state index >= 15 is 0 Å². The van der Waals surface area contributed by atoms with E-state index in [0.29, 0.717) is 43.8 Å². The maximum atomic E-state index is 13.6. The first-order valence-corrected chi connectivity index (χ1v) is 11.3. The van der Waals surface area contributed by atoms with Gasteiger partial charge in [0.15, 0.2) is 5.65 Å². The maximum absolute atomic E-state index is 13.6. The summed E-state index contributed by atoms with van der Waals surface area (Å²) < 4.78 is 6.70. The summed E-state index contributed by atoms with van der Waals surface area (Å²) in [5.74, 6) is -0.0584. The summed E-state index contributed by atoms with van der Waals surface area (Å²) in [6.45, 7) is 8.23. The Morgan fingerprint density at radius 3 is 2.55 bits per heavy atom. The Kier molecular flexibility index (Phi) is 5.95. The third-order valence-electron chi connectivity index (χ3n) is 5.50. The number of hydrogen-bond acceptors (Lipinski definition) is 6. The second kappa shape index (κ2) is 8.66. The van der Waals surface area contributed by atoms with E-state index in [9.17, 15) is 9.59 Å². The van der Waals surface area contributed by atoms with E-state index in [0.717, 1.165) is 16.0 Å². The molecule has 0 spiro atoms. The highest BCUT2D eigenvalue weighted by Gasteiger charge is 2.26. The molecule has 1 aliphatic heterocycles. The number of nitrogens with zero attached hydrogens (tertiary/aromatic N) is 5. The van der Waals surface area contributed by atoms with Crippen molar-refractivity contribution >= 4 is 34.4 Å². The van der Waals surface area contributed by atoms with Gasteiger partial charge < -0.3 is 14.5 Å². The number of ether oxygens (including phenoxy) is 1. The molecule has 1 fully saturated rings. The van der Waals surface area contributed by atoms with Crippen LogP contribution in [0.15, 0.2) is 24.4 Å². The van der Waals surface area contributed by atoms with E-state index in [2.05, 4.69) is 18.1 Å². The lowest BCUT2D eigenvalue weighted by molar-refractivity contribution is 0.0759. The maximum Gasteiger partial charge on any atom is 0.409 e. The molecule has 4 rings (SSSR count). The lowest BCUT2D eigenvalue weighted by Crippen LogP contribution is -2.37. The van der Waals surface area contributed by atoms with Crippen LogP contribution in [0.2, 0.25) is 0 Å². The van der Waals surface area contributed by atoms with Gasteiger partial charge in [-0.25, -0.2) is 14.5 Å². The zero-order valence-corrected chi connectivity index (χ0v) is 19.1. The Hall–Kier alpha value is -2.94. The van der Waals surface area contributed by atoms with Crippen LogP contribution in [-0.4, -0.2) is 69.9 Å². The van der Waals surface area contributed by atoms with E-state index in [1.165, 1.54) is 12.0 Å². The predicted octanol–water partition coefficient (Wildman–Crippen LogP) is 3.96. The van der Waals surface area contributed by atoms with Gasteiger partial charge in [0, 0.05) is 37.1 Å². The van der Waals surface area contributed by atoms with E-state index in [-0.39, 0.29) is 18.0 Å². The van der Waals surface area contributed by atoms with Crippen LogP contribution in [0.3, 0.4) is 0 Å². The van der Waals surface area contributed by atoms with E-state index in [1.54, 1.807) is 22.4 Å². The predicted molar refractivity (Wildman–Crippen MR) is 120 cm³/mol. The second-order valence-electron chi connectivity index (χ2n) is 7.99. The van der Waals surface area contributed by atoms with Gasteiger partial charge in [-0.2, -0.15) is 5.10 Å². The number of aromatic nitrogens is 3. The molecular formula is C22H27N5O3S. The molecule has 0 saturated carbocycles. The van der Waals surface area contributed by atoms with Gasteiger partial charge in [-0.3, -0.25) is 4.79 Å². The quantitative estimate of drug-likeness (QED) is 0.615. The first-order valence-electron chi connectivity index (χ1n) is 10.5. The molecule has 4 heterocycles. The Bertz CT molecular complexity index is 1120. The van der Waals surface area contributed by atoms with Gasteiger partial charge in [0.2, 0.25) is 0 Å². The SMILES string of the molecule is COC(=O)N1CCCN(C(=O)c2cc(-c3ccc(C)s3)nc3c2cnn3C(C)C)CC1. The normalized spacial score (nSPS) is 14.9. The number of hydrogen-bond donors (Lipinski definition) is 0. The second-order valence-corrected chi connectivity index (χ2v) is 9.28. The number of rotatable bonds is 3. The van der Waals surface area contributed by atoms with Crippen LogP contribution in [-0.2, 0) is 4.74 Å². The van der Waals surface area contributed by atoms with Crippen LogP contribution in [0.25, 0.3) is 21.6 Å². The Balaban J connectivity index is 1.73. The van der Waals surface area contributed by atoms with Crippen molar-refractivity contribution in [1.82, 2.24) is 24.6 Å². The lowest BCUT2D eigenvalue weighted by Gasteiger charge is -2.22. The van der Waals surface area contributed by atoms with Gasteiger partial charge in [0.05, 0.1) is 34.8 Å². The molecule has 0 aliphatic carbocycles. The van der Waals surface area contributed by atoms with Crippen molar-refractivity contribution in [2.75, 3.05) is 33.3 Å². The topological polar surface area (TPSA) is 80.6 Å². The molecule has 3 aromatic rings. The third kappa shape index (κ3) is 4.14. The van der Waals surface area contributed by atoms with Crippen LogP contribution in [0.4, 0.5) is 4.79 Å². The van der Waals surface area contributed by atoms with E-state index in [4.69, 9.17) is 9.72 Å². The molecule has 0 atom stereocenters. The van der Waals surface area contributed by atoms with Crippen LogP contribution < -0.4 is 0 Å². The monoisotopic (exact) mass is 441 g/mol. The van der Waals surface area contributed by atoms with Crippen molar-refractivity contribution in [2.24, 2.45) is 0 Å². The van der Waals surface area contributed by atoms with Crippen molar-refractivity contribution in [1.29, 1.82) is 0 Å². The average Bonchev–Trinajstić information content (AvgIpc) is 3.31. The largest absolute Gasteiger partial charge is 0.453 e. The molecule has 2 amide bonds. The highest BCUT2D eigenvalue weighted by atomic mass is 32.1. The summed E-state index contributed by atoms with van der Waals surface area (Å²) in [6.07, 6.45) is 2.09. The zero-order valence-electron chi connectivity index (χ0n) is 18.3. The molecule has 0 unspecified atom stereocenters. The van der Waals surface area contributed by atoms with Crippen LogP contribution in [0.5, 0.6) is 0 Å². The number of carbonyl (C=O) groups is 2. The first kappa shape index (κ1) is 21.3. The van der Waals surface area contributed by atoms with Crippen LogP contribution in [0, 0.1) is 6.92 Å². The molecule has 9 heteroatoms. The first-order chi connectivity index (χ1) is 14.9. The zero-order chi connectivity index (χ0) is 22.1.